The molecular formula is C27H31F5O2. The first-order valence-corrected chi connectivity index (χ1v) is 11.7. The first kappa shape index (κ1) is 26.2. The molecule has 0 bridgehead atoms. The summed E-state index contributed by atoms with van der Waals surface area (Å²) in [6, 6.07) is 11.0. The lowest BCUT2D eigenvalue weighted by Crippen LogP contribution is -2.21. The number of ether oxygens (including phenoxy) is 2. The lowest BCUT2D eigenvalue weighted by Gasteiger charge is -2.29. The summed E-state index contributed by atoms with van der Waals surface area (Å²) in [6.07, 6.45) is 1.67. The summed E-state index contributed by atoms with van der Waals surface area (Å²) >= 11 is 0. The quantitative estimate of drug-likeness (QED) is 0.262. The van der Waals surface area contributed by atoms with Gasteiger partial charge in [-0.25, -0.2) is 0 Å². The highest BCUT2D eigenvalue weighted by Gasteiger charge is 2.36. The van der Waals surface area contributed by atoms with Crippen LogP contribution in [0.15, 0.2) is 60.7 Å². The Balaban J connectivity index is 1.56. The van der Waals surface area contributed by atoms with Gasteiger partial charge >= 0.3 is 12.5 Å². The van der Waals surface area contributed by atoms with Crippen LogP contribution < -0.4 is 4.74 Å². The van der Waals surface area contributed by atoms with Gasteiger partial charge in [-0.2, -0.15) is 8.78 Å². The number of benzene rings is 2. The molecule has 1 unspecified atom stereocenters. The highest BCUT2D eigenvalue weighted by molar-refractivity contribution is 5.30. The Labute approximate surface area is 197 Å². The van der Waals surface area contributed by atoms with Crippen LogP contribution in [0.25, 0.3) is 0 Å². The Hall–Kier alpha value is -2.41. The summed E-state index contributed by atoms with van der Waals surface area (Å²) in [6.45, 7) is 3.46. The van der Waals surface area contributed by atoms with Crippen LogP contribution in [-0.2, 0) is 10.8 Å². The van der Waals surface area contributed by atoms with Crippen molar-refractivity contribution in [2.75, 3.05) is 0 Å². The summed E-state index contributed by atoms with van der Waals surface area (Å²) in [5.74, 6) is 0.704. The monoisotopic (exact) mass is 482 g/mol. The Morgan fingerprint density at radius 1 is 0.912 bits per heavy atom. The lowest BCUT2D eigenvalue weighted by molar-refractivity contribution is -0.274. The zero-order chi connectivity index (χ0) is 24.8. The largest absolute Gasteiger partial charge is 0.573 e. The molecule has 0 amide bonds. The standard InChI is InChI=1S/C27H31F5O2/c1-3-4-5-6-20-7-9-22(10-8-20)23-11-15-24(16-12-23)26(28,29)33-19(2)21-13-17-25(18-14-21)34-27(30,31)32/h3-4,11-20,22H,5-10H2,1-2H3/b4-3+. The normalized spacial score (nSPS) is 20.4. The van der Waals surface area contributed by atoms with Gasteiger partial charge in [0.1, 0.15) is 5.75 Å². The van der Waals surface area contributed by atoms with E-state index in [-0.39, 0.29) is 5.56 Å². The fourth-order valence-electron chi connectivity index (χ4n) is 4.53. The minimum Gasteiger partial charge on any atom is -0.406 e. The molecule has 1 aliphatic rings. The topological polar surface area (TPSA) is 18.5 Å². The Bertz CT molecular complexity index is 912. The zero-order valence-corrected chi connectivity index (χ0v) is 19.5. The Morgan fingerprint density at radius 3 is 2.09 bits per heavy atom. The summed E-state index contributed by atoms with van der Waals surface area (Å²) in [7, 11) is 0. The molecule has 1 saturated carbocycles. The molecule has 0 N–H and O–H groups in total. The van der Waals surface area contributed by atoms with Gasteiger partial charge in [-0.15, -0.1) is 13.2 Å². The number of hydrogen-bond donors (Lipinski definition) is 0. The van der Waals surface area contributed by atoms with Gasteiger partial charge in [-0.1, -0.05) is 48.6 Å². The maximum atomic E-state index is 14.8. The van der Waals surface area contributed by atoms with Crippen LogP contribution in [0.5, 0.6) is 5.75 Å². The molecule has 34 heavy (non-hydrogen) atoms. The highest BCUT2D eigenvalue weighted by atomic mass is 19.4. The minimum absolute atomic E-state index is 0.250. The molecule has 0 aliphatic heterocycles. The van der Waals surface area contributed by atoms with Crippen LogP contribution in [-0.4, -0.2) is 6.36 Å². The third-order valence-electron chi connectivity index (χ3n) is 6.45. The number of hydrogen-bond acceptors (Lipinski definition) is 2. The highest BCUT2D eigenvalue weighted by Crippen LogP contribution is 2.40. The molecule has 1 fully saturated rings. The molecular weight excluding hydrogens is 451 g/mol. The first-order chi connectivity index (χ1) is 16.1. The van der Waals surface area contributed by atoms with Crippen LogP contribution in [0.2, 0.25) is 0 Å². The van der Waals surface area contributed by atoms with Gasteiger partial charge in [-0.05, 0) is 87.5 Å². The molecule has 0 aromatic heterocycles. The molecule has 3 rings (SSSR count). The van der Waals surface area contributed by atoms with E-state index in [0.717, 1.165) is 55.7 Å². The van der Waals surface area contributed by atoms with E-state index in [2.05, 4.69) is 16.9 Å². The molecule has 7 heteroatoms. The van der Waals surface area contributed by atoms with Crippen LogP contribution in [0.3, 0.4) is 0 Å². The van der Waals surface area contributed by atoms with Crippen molar-refractivity contribution in [2.45, 2.75) is 76.9 Å². The van der Waals surface area contributed by atoms with E-state index in [0.29, 0.717) is 11.5 Å². The second kappa shape index (κ2) is 11.3. The molecule has 1 aliphatic carbocycles. The fraction of sp³-hybridized carbons (Fsp3) is 0.481. The van der Waals surface area contributed by atoms with Crippen molar-refractivity contribution in [3.05, 3.63) is 77.4 Å². The van der Waals surface area contributed by atoms with Crippen LogP contribution in [0, 0.1) is 5.92 Å². The van der Waals surface area contributed by atoms with Crippen molar-refractivity contribution in [3.8, 4) is 5.75 Å². The smallest absolute Gasteiger partial charge is 0.406 e. The summed E-state index contributed by atoms with van der Waals surface area (Å²) < 4.78 is 75.2. The van der Waals surface area contributed by atoms with E-state index in [4.69, 9.17) is 4.74 Å². The molecule has 0 saturated heterocycles. The van der Waals surface area contributed by atoms with E-state index < -0.39 is 24.3 Å². The van der Waals surface area contributed by atoms with E-state index in [1.807, 2.05) is 6.92 Å². The summed E-state index contributed by atoms with van der Waals surface area (Å²) in [5, 5.41) is 0. The fourth-order valence-corrected chi connectivity index (χ4v) is 4.53. The molecule has 1 atom stereocenters. The summed E-state index contributed by atoms with van der Waals surface area (Å²) in [4.78, 5) is 0. The second-order valence-corrected chi connectivity index (χ2v) is 8.88. The van der Waals surface area contributed by atoms with Crippen molar-refractivity contribution in [3.63, 3.8) is 0 Å². The number of alkyl halides is 5. The van der Waals surface area contributed by atoms with Gasteiger partial charge in [0.05, 0.1) is 11.7 Å². The van der Waals surface area contributed by atoms with Crippen molar-refractivity contribution < 1.29 is 31.4 Å². The van der Waals surface area contributed by atoms with Gasteiger partial charge in [-0.3, -0.25) is 0 Å². The van der Waals surface area contributed by atoms with E-state index in [1.54, 1.807) is 12.1 Å². The van der Waals surface area contributed by atoms with Gasteiger partial charge in [0.15, 0.2) is 0 Å². The third-order valence-corrected chi connectivity index (χ3v) is 6.45. The zero-order valence-electron chi connectivity index (χ0n) is 19.5. The SMILES string of the molecule is C/C=C/CCC1CCC(c2ccc(C(F)(F)OC(C)c3ccc(OC(F)(F)F)cc3)cc2)CC1. The van der Waals surface area contributed by atoms with Crippen LogP contribution in [0.4, 0.5) is 22.0 Å². The summed E-state index contributed by atoms with van der Waals surface area (Å²) in [5.41, 5.74) is 1.14. The molecule has 2 aromatic rings. The number of allylic oxidation sites excluding steroid dienone is 2. The Morgan fingerprint density at radius 2 is 1.53 bits per heavy atom. The number of halogens is 5. The van der Waals surface area contributed by atoms with Crippen molar-refractivity contribution in [2.24, 2.45) is 5.92 Å². The molecule has 2 aromatic carbocycles. The molecule has 0 spiro atoms. The average Bonchev–Trinajstić information content (AvgIpc) is 2.79. The molecule has 0 heterocycles. The molecule has 186 valence electrons. The Kier molecular flexibility index (Phi) is 8.74. The van der Waals surface area contributed by atoms with Crippen molar-refractivity contribution in [1.29, 1.82) is 0 Å². The van der Waals surface area contributed by atoms with Gasteiger partial charge in [0.2, 0.25) is 0 Å². The van der Waals surface area contributed by atoms with Crippen molar-refractivity contribution >= 4 is 0 Å². The second-order valence-electron chi connectivity index (χ2n) is 8.88. The number of rotatable bonds is 9. The first-order valence-electron chi connectivity index (χ1n) is 11.7. The molecule has 2 nitrogen and oxygen atoms in total. The van der Waals surface area contributed by atoms with Gasteiger partial charge < -0.3 is 9.47 Å². The third kappa shape index (κ3) is 7.55. The minimum atomic E-state index is -4.81. The van der Waals surface area contributed by atoms with Crippen molar-refractivity contribution in [1.82, 2.24) is 0 Å². The van der Waals surface area contributed by atoms with Crippen LogP contribution >= 0.6 is 0 Å². The van der Waals surface area contributed by atoms with Gasteiger partial charge in [0.25, 0.3) is 0 Å². The van der Waals surface area contributed by atoms with E-state index in [9.17, 15) is 22.0 Å². The maximum absolute atomic E-state index is 14.8. The lowest BCUT2D eigenvalue weighted by atomic mass is 9.77. The van der Waals surface area contributed by atoms with Crippen LogP contribution in [0.1, 0.15) is 81.1 Å². The average molecular weight is 483 g/mol. The van der Waals surface area contributed by atoms with E-state index in [1.165, 1.54) is 37.6 Å². The maximum Gasteiger partial charge on any atom is 0.573 e. The predicted molar refractivity (Wildman–Crippen MR) is 122 cm³/mol. The molecule has 0 radical (unpaired) electrons. The predicted octanol–water partition coefficient (Wildman–Crippen LogP) is 9.04. The van der Waals surface area contributed by atoms with E-state index >= 15 is 0 Å². The van der Waals surface area contributed by atoms with Gasteiger partial charge in [0, 0.05) is 0 Å².